The maximum absolute atomic E-state index is 13.7. The van der Waals surface area contributed by atoms with Gasteiger partial charge in [0.15, 0.2) is 5.96 Å². The minimum atomic E-state index is -3.15. The summed E-state index contributed by atoms with van der Waals surface area (Å²) in [6.45, 7) is 5.79. The molecule has 6 nitrogen and oxygen atoms in total. The van der Waals surface area contributed by atoms with Crippen LogP contribution in [-0.2, 0) is 16.4 Å². The number of guanidine groups is 1. The maximum atomic E-state index is 13.7. The van der Waals surface area contributed by atoms with Gasteiger partial charge in [-0.25, -0.2) is 21.5 Å². The summed E-state index contributed by atoms with van der Waals surface area (Å²) in [6, 6.07) is 3.54. The highest BCUT2D eigenvalue weighted by Gasteiger charge is 2.27. The summed E-state index contributed by atoms with van der Waals surface area (Å²) >= 11 is 0. The van der Waals surface area contributed by atoms with E-state index in [2.05, 4.69) is 15.6 Å². The number of nitrogens with one attached hydrogen (secondary N) is 2. The quantitative estimate of drug-likeness (QED) is 0.300. The molecule has 1 fully saturated rings. The highest BCUT2D eigenvalue weighted by Crippen LogP contribution is 2.15. The summed E-state index contributed by atoms with van der Waals surface area (Å²) in [5, 5.41) is 6.47. The molecule has 1 saturated heterocycles. The van der Waals surface area contributed by atoms with E-state index in [0.29, 0.717) is 63.4 Å². The van der Waals surface area contributed by atoms with Gasteiger partial charge in [0.05, 0.1) is 5.75 Å². The van der Waals surface area contributed by atoms with Crippen molar-refractivity contribution in [1.29, 1.82) is 0 Å². The predicted molar refractivity (Wildman–Crippen MR) is 123 cm³/mol. The minimum Gasteiger partial charge on any atom is -0.357 e. The van der Waals surface area contributed by atoms with E-state index < -0.39 is 21.7 Å². The Bertz CT molecular complexity index is 769. The molecule has 1 heterocycles. The first-order chi connectivity index (χ1) is 13.4. The van der Waals surface area contributed by atoms with Crippen LogP contribution in [0.3, 0.4) is 0 Å². The van der Waals surface area contributed by atoms with Gasteiger partial charge >= 0.3 is 0 Å². The average Bonchev–Trinajstić information content (AvgIpc) is 2.65. The van der Waals surface area contributed by atoms with Crippen LogP contribution in [0.2, 0.25) is 0 Å². The molecule has 2 rings (SSSR count). The molecule has 0 bridgehead atoms. The van der Waals surface area contributed by atoms with Crippen molar-refractivity contribution in [2.75, 3.05) is 31.9 Å². The average molecular weight is 544 g/mol. The molecule has 0 aromatic heterocycles. The Labute approximate surface area is 189 Å². The van der Waals surface area contributed by atoms with Gasteiger partial charge in [-0.2, -0.15) is 0 Å². The molecule has 0 saturated carbocycles. The molecule has 10 heteroatoms. The number of sulfonamides is 1. The van der Waals surface area contributed by atoms with Crippen molar-refractivity contribution in [1.82, 2.24) is 14.9 Å². The molecule has 1 aliphatic heterocycles. The van der Waals surface area contributed by atoms with Gasteiger partial charge in [-0.15, -0.1) is 24.0 Å². The summed E-state index contributed by atoms with van der Waals surface area (Å²) in [5.74, 6) is -0.106. The predicted octanol–water partition coefficient (Wildman–Crippen LogP) is 2.88. The molecular weight excluding hydrogens is 513 g/mol. The molecule has 0 amide bonds. The third-order valence-electron chi connectivity index (χ3n) is 4.65. The molecule has 0 unspecified atom stereocenters. The first kappa shape index (κ1) is 26.0. The Kier molecular flexibility index (Phi) is 11.3. The zero-order chi connectivity index (χ0) is 20.6. The highest BCUT2D eigenvalue weighted by atomic mass is 127. The van der Waals surface area contributed by atoms with E-state index in [0.717, 1.165) is 12.1 Å². The van der Waals surface area contributed by atoms with Gasteiger partial charge in [0.25, 0.3) is 0 Å². The van der Waals surface area contributed by atoms with Crippen molar-refractivity contribution in [3.8, 4) is 0 Å². The Balaban J connectivity index is 0.00000420. The second kappa shape index (κ2) is 12.6. The van der Waals surface area contributed by atoms with Gasteiger partial charge in [0.1, 0.15) is 11.6 Å². The summed E-state index contributed by atoms with van der Waals surface area (Å²) in [5.41, 5.74) is 0.300. The summed E-state index contributed by atoms with van der Waals surface area (Å²) in [4.78, 5) is 4.44. The van der Waals surface area contributed by atoms with Crippen LogP contribution in [0.15, 0.2) is 23.2 Å². The standard InChI is InChI=1S/C19H30F2N4O2S.HI/c1-3-13-28(26,27)25-11-8-17(9-12-25)24-19(22-4-2)23-10-7-15-14-16(20)5-6-18(15)21;/h5-6,14,17H,3-4,7-13H2,1-2H3,(H2,22,23,24);1H. The van der Waals surface area contributed by atoms with Crippen molar-refractivity contribution >= 4 is 40.0 Å². The number of aliphatic imine (C=N–C) groups is 1. The van der Waals surface area contributed by atoms with Crippen LogP contribution in [0.5, 0.6) is 0 Å². The van der Waals surface area contributed by atoms with Crippen molar-refractivity contribution < 1.29 is 17.2 Å². The van der Waals surface area contributed by atoms with E-state index in [1.807, 2.05) is 13.8 Å². The van der Waals surface area contributed by atoms with E-state index in [9.17, 15) is 17.2 Å². The fourth-order valence-corrected chi connectivity index (χ4v) is 4.74. The largest absolute Gasteiger partial charge is 0.357 e. The Morgan fingerprint density at radius 2 is 1.93 bits per heavy atom. The van der Waals surface area contributed by atoms with Crippen LogP contribution in [0.1, 0.15) is 38.7 Å². The fraction of sp³-hybridized carbons (Fsp3) is 0.632. The Morgan fingerprint density at radius 1 is 1.24 bits per heavy atom. The molecule has 0 aliphatic carbocycles. The monoisotopic (exact) mass is 544 g/mol. The number of piperidine rings is 1. The zero-order valence-electron chi connectivity index (χ0n) is 17.0. The summed E-state index contributed by atoms with van der Waals surface area (Å²) in [6.07, 6.45) is 2.31. The Morgan fingerprint density at radius 3 is 2.55 bits per heavy atom. The van der Waals surface area contributed by atoms with Crippen LogP contribution in [0, 0.1) is 11.6 Å². The van der Waals surface area contributed by atoms with Crippen molar-refractivity contribution in [2.45, 2.75) is 45.6 Å². The lowest BCUT2D eigenvalue weighted by Crippen LogP contribution is -2.50. The molecule has 166 valence electrons. The van der Waals surface area contributed by atoms with Gasteiger partial charge in [-0.3, -0.25) is 4.99 Å². The third kappa shape index (κ3) is 8.33. The van der Waals surface area contributed by atoms with Crippen molar-refractivity contribution in [2.24, 2.45) is 4.99 Å². The van der Waals surface area contributed by atoms with E-state index in [1.54, 1.807) is 4.31 Å². The SMILES string of the molecule is CCCS(=O)(=O)N1CCC(NC(=NCCc2cc(F)ccc2F)NCC)CC1.I. The fourth-order valence-electron chi connectivity index (χ4n) is 3.20. The summed E-state index contributed by atoms with van der Waals surface area (Å²) in [7, 11) is -3.15. The molecule has 0 atom stereocenters. The third-order valence-corrected chi connectivity index (χ3v) is 6.73. The lowest BCUT2D eigenvalue weighted by molar-refractivity contribution is 0.306. The smallest absolute Gasteiger partial charge is 0.214 e. The van der Waals surface area contributed by atoms with Crippen LogP contribution in [0.25, 0.3) is 0 Å². The molecule has 1 aromatic rings. The first-order valence-corrected chi connectivity index (χ1v) is 11.4. The number of hydrogen-bond acceptors (Lipinski definition) is 3. The van der Waals surface area contributed by atoms with Gasteiger partial charge < -0.3 is 10.6 Å². The zero-order valence-corrected chi connectivity index (χ0v) is 20.1. The van der Waals surface area contributed by atoms with Crippen LogP contribution in [-0.4, -0.2) is 56.7 Å². The number of nitrogens with zero attached hydrogens (tertiary/aromatic N) is 2. The van der Waals surface area contributed by atoms with E-state index in [1.165, 1.54) is 6.07 Å². The molecule has 1 aromatic carbocycles. The van der Waals surface area contributed by atoms with Crippen molar-refractivity contribution in [3.63, 3.8) is 0 Å². The molecular formula is C19H31F2IN4O2S. The van der Waals surface area contributed by atoms with Crippen molar-refractivity contribution in [3.05, 3.63) is 35.4 Å². The molecule has 1 aliphatic rings. The number of benzene rings is 1. The molecule has 0 spiro atoms. The molecule has 29 heavy (non-hydrogen) atoms. The normalized spacial score (nSPS) is 16.3. The van der Waals surface area contributed by atoms with Gasteiger partial charge in [-0.05, 0) is 56.4 Å². The van der Waals surface area contributed by atoms with Gasteiger partial charge in [-0.1, -0.05) is 6.92 Å². The van der Waals surface area contributed by atoms with Crippen LogP contribution >= 0.6 is 24.0 Å². The van der Waals surface area contributed by atoms with Crippen LogP contribution < -0.4 is 10.6 Å². The minimum absolute atomic E-state index is 0. The lowest BCUT2D eigenvalue weighted by Gasteiger charge is -2.32. The second-order valence-electron chi connectivity index (χ2n) is 6.88. The highest BCUT2D eigenvalue weighted by molar-refractivity contribution is 14.0. The lowest BCUT2D eigenvalue weighted by atomic mass is 10.1. The molecule has 0 radical (unpaired) electrons. The van der Waals surface area contributed by atoms with Gasteiger partial charge in [0, 0.05) is 32.2 Å². The summed E-state index contributed by atoms with van der Waals surface area (Å²) < 4.78 is 52.8. The van der Waals surface area contributed by atoms with E-state index >= 15 is 0 Å². The second-order valence-corrected chi connectivity index (χ2v) is 8.97. The number of rotatable bonds is 8. The number of halogens is 3. The molecule has 2 N–H and O–H groups in total. The van der Waals surface area contributed by atoms with Crippen LogP contribution in [0.4, 0.5) is 8.78 Å². The van der Waals surface area contributed by atoms with Gasteiger partial charge in [0.2, 0.25) is 10.0 Å². The Hall–Kier alpha value is -1.01. The maximum Gasteiger partial charge on any atom is 0.214 e. The first-order valence-electron chi connectivity index (χ1n) is 9.82. The van der Waals surface area contributed by atoms with E-state index in [-0.39, 0.29) is 35.8 Å². The number of hydrogen-bond donors (Lipinski definition) is 2. The van der Waals surface area contributed by atoms with E-state index in [4.69, 9.17) is 0 Å². The topological polar surface area (TPSA) is 73.8 Å².